The Morgan fingerprint density at radius 1 is 0.920 bits per heavy atom. The summed E-state index contributed by atoms with van der Waals surface area (Å²) in [4.78, 5) is 3.89. The molecular weight excluding hydrogens is 338 g/mol. The van der Waals surface area contributed by atoms with Crippen LogP contribution in [0.3, 0.4) is 0 Å². The maximum atomic E-state index is 11.5. The molecule has 0 saturated heterocycles. The number of rotatable bonds is 4. The molecule has 0 aromatic heterocycles. The van der Waals surface area contributed by atoms with E-state index in [-0.39, 0.29) is 16.3 Å². The lowest BCUT2D eigenvalue weighted by atomic mass is 10.1. The van der Waals surface area contributed by atoms with Gasteiger partial charge in [0.2, 0.25) is 0 Å². The summed E-state index contributed by atoms with van der Waals surface area (Å²) in [6, 6.07) is 17.2. The number of nitrogens with zero attached hydrogens (tertiary/aromatic N) is 1. The SMILES string of the molecule is O=S(=O)(O)c1cc(O)c(N=C/C=C/c2ccccc2)c2ccccc12. The van der Waals surface area contributed by atoms with Gasteiger partial charge in [-0.2, -0.15) is 8.42 Å². The van der Waals surface area contributed by atoms with Crippen molar-refractivity contribution in [3.8, 4) is 5.75 Å². The minimum absolute atomic E-state index is 0.237. The van der Waals surface area contributed by atoms with Crippen LogP contribution < -0.4 is 0 Å². The highest BCUT2D eigenvalue weighted by Gasteiger charge is 2.18. The molecule has 0 bridgehead atoms. The van der Waals surface area contributed by atoms with Crippen molar-refractivity contribution in [2.45, 2.75) is 4.90 Å². The monoisotopic (exact) mass is 353 g/mol. The first-order valence-corrected chi connectivity index (χ1v) is 8.89. The molecule has 5 nitrogen and oxygen atoms in total. The van der Waals surface area contributed by atoms with Gasteiger partial charge in [0.05, 0.1) is 0 Å². The van der Waals surface area contributed by atoms with Crippen LogP contribution in [0.15, 0.2) is 76.6 Å². The summed E-state index contributed by atoms with van der Waals surface area (Å²) in [6.07, 6.45) is 5.09. The van der Waals surface area contributed by atoms with E-state index in [9.17, 15) is 18.1 Å². The number of phenols is 1. The molecule has 0 saturated carbocycles. The van der Waals surface area contributed by atoms with Crippen molar-refractivity contribution in [3.63, 3.8) is 0 Å². The zero-order chi connectivity index (χ0) is 17.9. The summed E-state index contributed by atoms with van der Waals surface area (Å²) in [6.45, 7) is 0. The summed E-state index contributed by atoms with van der Waals surface area (Å²) in [7, 11) is -4.46. The summed E-state index contributed by atoms with van der Waals surface area (Å²) in [5.74, 6) is -0.323. The molecule has 0 amide bonds. The minimum Gasteiger partial charge on any atom is -0.506 e. The quantitative estimate of drug-likeness (QED) is 0.543. The van der Waals surface area contributed by atoms with E-state index in [0.29, 0.717) is 10.8 Å². The molecule has 0 spiro atoms. The predicted molar refractivity (Wildman–Crippen MR) is 99.1 cm³/mol. The van der Waals surface area contributed by atoms with Crippen LogP contribution in [0.4, 0.5) is 5.69 Å². The lowest BCUT2D eigenvalue weighted by Gasteiger charge is -2.08. The number of aromatic hydroxyl groups is 1. The van der Waals surface area contributed by atoms with Gasteiger partial charge in [0.15, 0.2) is 0 Å². The van der Waals surface area contributed by atoms with E-state index in [1.165, 1.54) is 6.21 Å². The molecule has 126 valence electrons. The number of aliphatic imine (C=N–C) groups is 1. The highest BCUT2D eigenvalue weighted by molar-refractivity contribution is 7.86. The smallest absolute Gasteiger partial charge is 0.295 e. The molecule has 25 heavy (non-hydrogen) atoms. The van der Waals surface area contributed by atoms with Crippen LogP contribution in [0.5, 0.6) is 5.75 Å². The molecule has 0 unspecified atom stereocenters. The molecule has 0 aliphatic carbocycles. The molecule has 0 radical (unpaired) electrons. The maximum Gasteiger partial charge on any atom is 0.295 e. The fraction of sp³-hybridized carbons (Fsp3) is 0. The van der Waals surface area contributed by atoms with Crippen molar-refractivity contribution in [1.82, 2.24) is 0 Å². The predicted octanol–water partition coefficient (Wildman–Crippen LogP) is 4.21. The Bertz CT molecular complexity index is 1070. The van der Waals surface area contributed by atoms with E-state index in [1.807, 2.05) is 36.4 Å². The molecule has 0 atom stereocenters. The van der Waals surface area contributed by atoms with Gasteiger partial charge >= 0.3 is 0 Å². The highest BCUT2D eigenvalue weighted by atomic mass is 32.2. The molecule has 3 aromatic carbocycles. The van der Waals surface area contributed by atoms with Crippen molar-refractivity contribution >= 4 is 38.9 Å². The Labute approximate surface area is 145 Å². The zero-order valence-corrected chi connectivity index (χ0v) is 13.9. The van der Waals surface area contributed by atoms with Gasteiger partial charge in [-0.25, -0.2) is 0 Å². The summed E-state index contributed by atoms with van der Waals surface area (Å²) >= 11 is 0. The van der Waals surface area contributed by atoms with Crippen LogP contribution in [-0.4, -0.2) is 24.3 Å². The lowest BCUT2D eigenvalue weighted by molar-refractivity contribution is 0.469. The topological polar surface area (TPSA) is 87.0 Å². The Hall–Kier alpha value is -2.96. The van der Waals surface area contributed by atoms with Gasteiger partial charge in [0, 0.05) is 23.1 Å². The number of hydrogen-bond donors (Lipinski definition) is 2. The Morgan fingerprint density at radius 2 is 1.56 bits per heavy atom. The van der Waals surface area contributed by atoms with Crippen LogP contribution in [0.25, 0.3) is 16.8 Å². The minimum atomic E-state index is -4.46. The second kappa shape index (κ2) is 6.88. The molecule has 0 aliphatic rings. The first-order valence-electron chi connectivity index (χ1n) is 7.45. The van der Waals surface area contributed by atoms with E-state index in [1.54, 1.807) is 30.3 Å². The number of benzene rings is 3. The molecule has 6 heteroatoms. The number of fused-ring (bicyclic) bond motifs is 1. The average Bonchev–Trinajstić information content (AvgIpc) is 2.59. The first kappa shape index (κ1) is 16.9. The fourth-order valence-corrected chi connectivity index (χ4v) is 3.21. The molecular formula is C19H15NO4S. The van der Waals surface area contributed by atoms with Gasteiger partial charge in [-0.1, -0.05) is 60.7 Å². The van der Waals surface area contributed by atoms with Crippen molar-refractivity contribution < 1.29 is 18.1 Å². The van der Waals surface area contributed by atoms with Gasteiger partial charge in [0.25, 0.3) is 10.1 Å². The third-order valence-corrected chi connectivity index (χ3v) is 4.51. The first-order chi connectivity index (χ1) is 12.0. The third-order valence-electron chi connectivity index (χ3n) is 3.61. The second-order valence-corrected chi connectivity index (χ2v) is 6.70. The Kier molecular flexibility index (Phi) is 4.65. The highest BCUT2D eigenvalue weighted by Crippen LogP contribution is 2.38. The lowest BCUT2D eigenvalue weighted by Crippen LogP contribution is -1.99. The molecule has 3 aromatic rings. The van der Waals surface area contributed by atoms with Crippen LogP contribution >= 0.6 is 0 Å². The molecule has 3 rings (SSSR count). The molecule has 2 N–H and O–H groups in total. The molecule has 0 aliphatic heterocycles. The zero-order valence-electron chi connectivity index (χ0n) is 13.1. The number of hydrogen-bond acceptors (Lipinski definition) is 4. The van der Waals surface area contributed by atoms with Gasteiger partial charge in [-0.3, -0.25) is 9.55 Å². The van der Waals surface area contributed by atoms with Crippen molar-refractivity contribution in [3.05, 3.63) is 72.3 Å². The number of phenolic OH excluding ortho intramolecular Hbond substituents is 1. The fourth-order valence-electron chi connectivity index (χ4n) is 2.50. The summed E-state index contributed by atoms with van der Waals surface area (Å²) in [5, 5.41) is 10.9. The van der Waals surface area contributed by atoms with Crippen LogP contribution in [0.2, 0.25) is 0 Å². The van der Waals surface area contributed by atoms with Gasteiger partial charge in [0.1, 0.15) is 16.3 Å². The van der Waals surface area contributed by atoms with Gasteiger partial charge in [-0.15, -0.1) is 0 Å². The average molecular weight is 353 g/mol. The van der Waals surface area contributed by atoms with Gasteiger partial charge in [-0.05, 0) is 11.6 Å². The van der Waals surface area contributed by atoms with Crippen molar-refractivity contribution in [2.24, 2.45) is 4.99 Å². The van der Waals surface area contributed by atoms with Gasteiger partial charge < -0.3 is 5.11 Å². The second-order valence-electron chi connectivity index (χ2n) is 5.31. The summed E-state index contributed by atoms with van der Waals surface area (Å²) in [5.41, 5.74) is 1.24. The van der Waals surface area contributed by atoms with E-state index >= 15 is 0 Å². The van der Waals surface area contributed by atoms with Crippen LogP contribution in [-0.2, 0) is 10.1 Å². The molecule has 0 fully saturated rings. The standard InChI is InChI=1S/C19H15NO4S/c21-17-13-18(25(22,23)24)15-10-4-5-11-16(15)19(17)20-12-6-9-14-7-2-1-3-8-14/h1-13,21H,(H,22,23,24)/b9-6+,20-12?. The largest absolute Gasteiger partial charge is 0.506 e. The Morgan fingerprint density at radius 3 is 2.24 bits per heavy atom. The maximum absolute atomic E-state index is 11.5. The Balaban J connectivity index is 2.04. The van der Waals surface area contributed by atoms with E-state index in [4.69, 9.17) is 0 Å². The van der Waals surface area contributed by atoms with Crippen LogP contribution in [0.1, 0.15) is 5.56 Å². The van der Waals surface area contributed by atoms with Crippen molar-refractivity contribution in [1.29, 1.82) is 0 Å². The normalized spacial score (nSPS) is 12.4. The van der Waals surface area contributed by atoms with Crippen LogP contribution in [0, 0.1) is 0 Å². The van der Waals surface area contributed by atoms with E-state index in [2.05, 4.69) is 4.99 Å². The molecule has 0 heterocycles. The summed E-state index contributed by atoms with van der Waals surface area (Å²) < 4.78 is 32.4. The third kappa shape index (κ3) is 3.76. The van der Waals surface area contributed by atoms with Crippen molar-refractivity contribution in [2.75, 3.05) is 0 Å². The van der Waals surface area contributed by atoms with E-state index < -0.39 is 10.1 Å². The van der Waals surface area contributed by atoms with E-state index in [0.717, 1.165) is 11.6 Å². The number of allylic oxidation sites excluding steroid dienone is 1.